The van der Waals surface area contributed by atoms with E-state index < -0.39 is 0 Å². The summed E-state index contributed by atoms with van der Waals surface area (Å²) in [6.07, 6.45) is 4.11. The molecule has 1 unspecified atom stereocenters. The molecule has 2 nitrogen and oxygen atoms in total. The monoisotopic (exact) mass is 272 g/mol. The Balaban J connectivity index is 1.53. The molecule has 2 heteroatoms. The molecule has 0 aromatic heterocycles. The molecule has 0 amide bonds. The van der Waals surface area contributed by atoms with E-state index in [9.17, 15) is 0 Å². The van der Waals surface area contributed by atoms with Crippen molar-refractivity contribution >= 4 is 0 Å². The first-order valence-electron chi connectivity index (χ1n) is 8.24. The van der Waals surface area contributed by atoms with E-state index >= 15 is 0 Å². The molecule has 1 saturated carbocycles. The summed E-state index contributed by atoms with van der Waals surface area (Å²) in [5, 5.41) is 3.60. The summed E-state index contributed by atoms with van der Waals surface area (Å²) in [5.41, 5.74) is 2.92. The summed E-state index contributed by atoms with van der Waals surface area (Å²) in [6.45, 7) is 9.43. The first kappa shape index (κ1) is 14.1. The predicted molar refractivity (Wildman–Crippen MR) is 84.5 cm³/mol. The van der Waals surface area contributed by atoms with Gasteiger partial charge in [0.2, 0.25) is 0 Å². The highest BCUT2D eigenvalue weighted by Gasteiger charge is 2.24. The lowest BCUT2D eigenvalue weighted by Gasteiger charge is -2.18. The second kappa shape index (κ2) is 6.28. The molecule has 1 aliphatic heterocycles. The van der Waals surface area contributed by atoms with E-state index in [0.29, 0.717) is 0 Å². The minimum atomic E-state index is 0.795. The van der Waals surface area contributed by atoms with Gasteiger partial charge in [0.25, 0.3) is 0 Å². The van der Waals surface area contributed by atoms with E-state index in [-0.39, 0.29) is 0 Å². The van der Waals surface area contributed by atoms with Crippen LogP contribution in [0.3, 0.4) is 0 Å². The van der Waals surface area contributed by atoms with Gasteiger partial charge in [-0.15, -0.1) is 0 Å². The predicted octanol–water partition coefficient (Wildman–Crippen LogP) is 3.42. The van der Waals surface area contributed by atoms with Gasteiger partial charge in [0.15, 0.2) is 0 Å². The highest BCUT2D eigenvalue weighted by molar-refractivity contribution is 5.23. The Bertz CT molecular complexity index is 437. The summed E-state index contributed by atoms with van der Waals surface area (Å²) in [7, 11) is 0. The van der Waals surface area contributed by atoms with E-state index in [1.54, 1.807) is 0 Å². The fraction of sp³-hybridized carbons (Fsp3) is 0.667. The summed E-state index contributed by atoms with van der Waals surface area (Å²) in [4.78, 5) is 2.62. The van der Waals surface area contributed by atoms with Gasteiger partial charge in [-0.25, -0.2) is 0 Å². The summed E-state index contributed by atoms with van der Waals surface area (Å²) in [6, 6.07) is 9.93. The van der Waals surface area contributed by atoms with Gasteiger partial charge in [-0.3, -0.25) is 4.90 Å². The molecule has 110 valence electrons. The molecule has 0 bridgehead atoms. The van der Waals surface area contributed by atoms with Crippen molar-refractivity contribution in [1.29, 1.82) is 0 Å². The highest BCUT2D eigenvalue weighted by atomic mass is 15.1. The second-order valence-electron chi connectivity index (χ2n) is 7.00. The second-order valence-corrected chi connectivity index (χ2v) is 7.00. The molecule has 1 aliphatic carbocycles. The van der Waals surface area contributed by atoms with Crippen LogP contribution in [0.5, 0.6) is 0 Å². The van der Waals surface area contributed by atoms with Gasteiger partial charge in [0.1, 0.15) is 0 Å². The normalized spacial score (nSPS) is 23.6. The zero-order valence-corrected chi connectivity index (χ0v) is 12.9. The maximum Gasteiger partial charge on any atom is 0.0233 e. The summed E-state index contributed by atoms with van der Waals surface area (Å²) < 4.78 is 0. The maximum absolute atomic E-state index is 3.60. The molecule has 1 heterocycles. The number of likely N-dealkylation sites (tertiary alicyclic amines) is 1. The quantitative estimate of drug-likeness (QED) is 0.853. The molecular formula is C18H28N2. The zero-order valence-electron chi connectivity index (χ0n) is 12.9. The van der Waals surface area contributed by atoms with Gasteiger partial charge in [-0.2, -0.15) is 0 Å². The Morgan fingerprint density at radius 3 is 2.70 bits per heavy atom. The minimum Gasteiger partial charge on any atom is -0.310 e. The fourth-order valence-corrected chi connectivity index (χ4v) is 3.20. The standard InChI is InChI=1S/C18H28N2/c1-14(2)17-8-9-20(13-17)12-16-5-3-4-15(10-16)11-19-18-6-7-18/h3-5,10,14,17-19H,6-9,11-13H2,1-2H3. The molecule has 1 aromatic rings. The summed E-state index contributed by atoms with van der Waals surface area (Å²) >= 11 is 0. The topological polar surface area (TPSA) is 15.3 Å². The molecule has 1 saturated heterocycles. The Morgan fingerprint density at radius 2 is 2.00 bits per heavy atom. The van der Waals surface area contributed by atoms with Crippen molar-refractivity contribution in [3.8, 4) is 0 Å². The van der Waals surface area contributed by atoms with Crippen molar-refractivity contribution < 1.29 is 0 Å². The molecule has 1 aromatic carbocycles. The van der Waals surface area contributed by atoms with E-state index in [1.165, 1.54) is 43.5 Å². The summed E-state index contributed by atoms with van der Waals surface area (Å²) in [5.74, 6) is 1.73. The first-order chi connectivity index (χ1) is 9.70. The van der Waals surface area contributed by atoms with E-state index in [4.69, 9.17) is 0 Å². The SMILES string of the molecule is CC(C)C1CCN(Cc2cccc(CNC3CC3)c2)C1. The lowest BCUT2D eigenvalue weighted by atomic mass is 9.95. The molecule has 2 aliphatic rings. The minimum absolute atomic E-state index is 0.795. The number of rotatable bonds is 6. The van der Waals surface area contributed by atoms with Crippen LogP contribution < -0.4 is 5.32 Å². The highest BCUT2D eigenvalue weighted by Crippen LogP contribution is 2.25. The molecule has 0 radical (unpaired) electrons. The molecule has 2 fully saturated rings. The average Bonchev–Trinajstić information content (AvgIpc) is 3.15. The van der Waals surface area contributed by atoms with Crippen LogP contribution in [0.4, 0.5) is 0 Å². The van der Waals surface area contributed by atoms with Crippen LogP contribution in [0.1, 0.15) is 44.2 Å². The molecular weight excluding hydrogens is 244 g/mol. The van der Waals surface area contributed by atoms with Crippen molar-refractivity contribution in [2.45, 2.75) is 52.2 Å². The lowest BCUT2D eigenvalue weighted by Crippen LogP contribution is -2.21. The Morgan fingerprint density at radius 1 is 1.20 bits per heavy atom. The Hall–Kier alpha value is -0.860. The smallest absolute Gasteiger partial charge is 0.0233 e. The van der Waals surface area contributed by atoms with Crippen LogP contribution in [0.25, 0.3) is 0 Å². The van der Waals surface area contributed by atoms with E-state index in [2.05, 4.69) is 48.3 Å². The molecule has 1 N–H and O–H groups in total. The van der Waals surface area contributed by atoms with Gasteiger partial charge < -0.3 is 5.32 Å². The average molecular weight is 272 g/mol. The van der Waals surface area contributed by atoms with Crippen molar-refractivity contribution in [2.75, 3.05) is 13.1 Å². The Labute approximate surface area is 123 Å². The zero-order chi connectivity index (χ0) is 13.9. The number of nitrogens with one attached hydrogen (secondary N) is 1. The van der Waals surface area contributed by atoms with Crippen LogP contribution in [-0.2, 0) is 13.1 Å². The van der Waals surface area contributed by atoms with Crippen LogP contribution in [0.2, 0.25) is 0 Å². The van der Waals surface area contributed by atoms with Gasteiger partial charge in [0, 0.05) is 25.7 Å². The van der Waals surface area contributed by atoms with Gasteiger partial charge in [0.05, 0.1) is 0 Å². The molecule has 0 spiro atoms. The number of hydrogen-bond donors (Lipinski definition) is 1. The number of hydrogen-bond acceptors (Lipinski definition) is 2. The van der Waals surface area contributed by atoms with E-state index in [0.717, 1.165) is 31.0 Å². The van der Waals surface area contributed by atoms with E-state index in [1.807, 2.05) is 0 Å². The fourth-order valence-electron chi connectivity index (χ4n) is 3.20. The third kappa shape index (κ3) is 3.83. The first-order valence-corrected chi connectivity index (χ1v) is 8.24. The van der Waals surface area contributed by atoms with Crippen LogP contribution in [-0.4, -0.2) is 24.0 Å². The molecule has 3 rings (SSSR count). The number of benzene rings is 1. The lowest BCUT2D eigenvalue weighted by molar-refractivity contribution is 0.297. The van der Waals surface area contributed by atoms with Crippen molar-refractivity contribution in [3.05, 3.63) is 35.4 Å². The number of nitrogens with zero attached hydrogens (tertiary/aromatic N) is 1. The third-order valence-electron chi connectivity index (χ3n) is 4.82. The molecule has 20 heavy (non-hydrogen) atoms. The van der Waals surface area contributed by atoms with Crippen LogP contribution in [0, 0.1) is 11.8 Å². The van der Waals surface area contributed by atoms with Crippen molar-refractivity contribution in [3.63, 3.8) is 0 Å². The van der Waals surface area contributed by atoms with Gasteiger partial charge in [-0.1, -0.05) is 38.1 Å². The van der Waals surface area contributed by atoms with Gasteiger partial charge in [-0.05, 0) is 48.8 Å². The molecule has 1 atom stereocenters. The van der Waals surface area contributed by atoms with Crippen molar-refractivity contribution in [2.24, 2.45) is 11.8 Å². The largest absolute Gasteiger partial charge is 0.310 e. The third-order valence-corrected chi connectivity index (χ3v) is 4.82. The van der Waals surface area contributed by atoms with Gasteiger partial charge >= 0.3 is 0 Å². The van der Waals surface area contributed by atoms with Crippen molar-refractivity contribution in [1.82, 2.24) is 10.2 Å². The van der Waals surface area contributed by atoms with Crippen LogP contribution in [0.15, 0.2) is 24.3 Å². The Kier molecular flexibility index (Phi) is 4.42. The maximum atomic E-state index is 3.60. The van der Waals surface area contributed by atoms with Crippen LogP contribution >= 0.6 is 0 Å².